The molecule has 1 heterocycles. The summed E-state index contributed by atoms with van der Waals surface area (Å²) in [7, 11) is 0. The second-order valence-electron chi connectivity index (χ2n) is 7.63. The Morgan fingerprint density at radius 2 is 1.76 bits per heavy atom. The average Bonchev–Trinajstić information content (AvgIpc) is 2.53. The Bertz CT molecular complexity index is 588. The van der Waals surface area contributed by atoms with Crippen LogP contribution in [0.1, 0.15) is 45.6 Å². The van der Waals surface area contributed by atoms with Crippen LogP contribution in [0.15, 0.2) is 24.3 Å². The van der Waals surface area contributed by atoms with Crippen LogP contribution in [0.5, 0.6) is 0 Å². The van der Waals surface area contributed by atoms with Crippen molar-refractivity contribution in [1.82, 2.24) is 15.5 Å². The molecule has 6 heteroatoms. The number of carbonyl (C=O) groups is 2. The number of nitrogens with zero attached hydrogens (tertiary/aromatic N) is 1. The fraction of sp³-hybridized carbons (Fsp3) is 0.579. The highest BCUT2D eigenvalue weighted by atomic mass is 19.1. The molecule has 0 spiro atoms. The van der Waals surface area contributed by atoms with Crippen molar-refractivity contribution in [2.75, 3.05) is 13.1 Å². The van der Waals surface area contributed by atoms with Crippen LogP contribution in [-0.4, -0.2) is 41.5 Å². The Balaban J connectivity index is 1.71. The van der Waals surface area contributed by atoms with Crippen molar-refractivity contribution in [1.29, 1.82) is 0 Å². The van der Waals surface area contributed by atoms with E-state index in [1.165, 1.54) is 12.1 Å². The number of rotatable bonds is 4. The number of aryl methyl sites for hydroxylation is 1. The number of nitrogens with one attached hydrogen (secondary N) is 2. The molecule has 1 aliphatic rings. The highest BCUT2D eigenvalue weighted by Crippen LogP contribution is 2.13. The van der Waals surface area contributed by atoms with Crippen molar-refractivity contribution >= 4 is 11.9 Å². The molecule has 0 saturated carbocycles. The molecule has 0 bridgehead atoms. The van der Waals surface area contributed by atoms with Crippen molar-refractivity contribution in [3.63, 3.8) is 0 Å². The summed E-state index contributed by atoms with van der Waals surface area (Å²) in [6.07, 6.45) is 2.57. The largest absolute Gasteiger partial charge is 0.343 e. The summed E-state index contributed by atoms with van der Waals surface area (Å²) in [5.41, 5.74) is 0.700. The van der Waals surface area contributed by atoms with E-state index in [1.54, 1.807) is 12.1 Å². The van der Waals surface area contributed by atoms with Crippen LogP contribution in [0.25, 0.3) is 0 Å². The van der Waals surface area contributed by atoms with E-state index in [4.69, 9.17) is 0 Å². The molecule has 1 aromatic rings. The third-order valence-electron chi connectivity index (χ3n) is 4.21. The molecule has 25 heavy (non-hydrogen) atoms. The first-order valence-corrected chi connectivity index (χ1v) is 8.84. The van der Waals surface area contributed by atoms with Crippen molar-refractivity contribution in [2.24, 2.45) is 0 Å². The minimum atomic E-state index is -0.264. The van der Waals surface area contributed by atoms with E-state index in [1.807, 2.05) is 25.7 Å². The third-order valence-corrected chi connectivity index (χ3v) is 4.21. The van der Waals surface area contributed by atoms with E-state index in [9.17, 15) is 14.0 Å². The lowest BCUT2D eigenvalue weighted by Crippen LogP contribution is -2.52. The van der Waals surface area contributed by atoms with Crippen LogP contribution in [0, 0.1) is 5.82 Å². The van der Waals surface area contributed by atoms with Crippen molar-refractivity contribution < 1.29 is 14.0 Å². The van der Waals surface area contributed by atoms with Crippen LogP contribution < -0.4 is 10.6 Å². The van der Waals surface area contributed by atoms with E-state index in [2.05, 4.69) is 10.6 Å². The Hall–Kier alpha value is -2.11. The fourth-order valence-electron chi connectivity index (χ4n) is 2.90. The molecular weight excluding hydrogens is 321 g/mol. The molecule has 1 aromatic carbocycles. The lowest BCUT2D eigenvalue weighted by molar-refractivity contribution is -0.132. The third kappa shape index (κ3) is 6.72. The highest BCUT2D eigenvalue weighted by molar-refractivity contribution is 5.77. The lowest BCUT2D eigenvalue weighted by atomic mass is 10.0. The lowest BCUT2D eigenvalue weighted by Gasteiger charge is -2.33. The Morgan fingerprint density at radius 3 is 2.32 bits per heavy atom. The number of hydrogen-bond acceptors (Lipinski definition) is 2. The van der Waals surface area contributed by atoms with Gasteiger partial charge < -0.3 is 15.5 Å². The van der Waals surface area contributed by atoms with Gasteiger partial charge in [-0.15, -0.1) is 0 Å². The second-order valence-corrected chi connectivity index (χ2v) is 7.63. The zero-order valence-corrected chi connectivity index (χ0v) is 15.3. The van der Waals surface area contributed by atoms with Crippen LogP contribution in [0.4, 0.5) is 9.18 Å². The molecule has 3 amide bonds. The van der Waals surface area contributed by atoms with Gasteiger partial charge in [-0.05, 0) is 57.7 Å². The van der Waals surface area contributed by atoms with Gasteiger partial charge in [-0.1, -0.05) is 12.1 Å². The predicted octanol–water partition coefficient (Wildman–Crippen LogP) is 2.85. The van der Waals surface area contributed by atoms with E-state index < -0.39 is 0 Å². The number of hydrogen-bond donors (Lipinski definition) is 2. The predicted molar refractivity (Wildman–Crippen MR) is 95.7 cm³/mol. The SMILES string of the molecule is CC(C)(C)NC(=O)NC1CCN(C(=O)CCc2ccc(F)cc2)CC1. The van der Waals surface area contributed by atoms with Gasteiger partial charge in [0.1, 0.15) is 5.82 Å². The molecular formula is C19H28FN3O2. The quantitative estimate of drug-likeness (QED) is 0.878. The van der Waals surface area contributed by atoms with Crippen LogP contribution in [-0.2, 0) is 11.2 Å². The van der Waals surface area contributed by atoms with Gasteiger partial charge in [-0.25, -0.2) is 9.18 Å². The van der Waals surface area contributed by atoms with Gasteiger partial charge >= 0.3 is 6.03 Å². The summed E-state index contributed by atoms with van der Waals surface area (Å²) in [6, 6.07) is 6.20. The number of halogens is 1. The number of likely N-dealkylation sites (tertiary alicyclic amines) is 1. The monoisotopic (exact) mass is 349 g/mol. The first-order chi connectivity index (χ1) is 11.7. The molecule has 0 unspecified atom stereocenters. The summed E-state index contributed by atoms with van der Waals surface area (Å²) in [4.78, 5) is 26.1. The van der Waals surface area contributed by atoms with Gasteiger partial charge in [0, 0.05) is 31.1 Å². The summed E-state index contributed by atoms with van der Waals surface area (Å²) in [5.74, 6) is -0.151. The van der Waals surface area contributed by atoms with Gasteiger partial charge in [0.05, 0.1) is 0 Å². The Kier molecular flexibility index (Phi) is 6.39. The maximum Gasteiger partial charge on any atom is 0.315 e. The number of amides is 3. The molecule has 0 aromatic heterocycles. The first kappa shape index (κ1) is 19.2. The molecule has 1 saturated heterocycles. The number of urea groups is 1. The molecule has 2 N–H and O–H groups in total. The number of piperidine rings is 1. The normalized spacial score (nSPS) is 15.8. The summed E-state index contributed by atoms with van der Waals surface area (Å²) in [5, 5.41) is 5.86. The number of benzene rings is 1. The molecule has 1 fully saturated rings. The van der Waals surface area contributed by atoms with Gasteiger partial charge in [-0.2, -0.15) is 0 Å². The second kappa shape index (κ2) is 8.32. The molecule has 0 atom stereocenters. The van der Waals surface area contributed by atoms with E-state index in [-0.39, 0.29) is 29.3 Å². The van der Waals surface area contributed by atoms with Gasteiger partial charge in [0.25, 0.3) is 0 Å². The zero-order valence-electron chi connectivity index (χ0n) is 15.3. The molecule has 0 aliphatic carbocycles. The van der Waals surface area contributed by atoms with Gasteiger partial charge in [0.2, 0.25) is 5.91 Å². The minimum Gasteiger partial charge on any atom is -0.343 e. The van der Waals surface area contributed by atoms with Gasteiger partial charge in [-0.3, -0.25) is 4.79 Å². The number of carbonyl (C=O) groups excluding carboxylic acids is 2. The van der Waals surface area contributed by atoms with Crippen LogP contribution >= 0.6 is 0 Å². The van der Waals surface area contributed by atoms with Crippen LogP contribution in [0.3, 0.4) is 0 Å². The molecule has 2 rings (SSSR count). The molecule has 1 aliphatic heterocycles. The summed E-state index contributed by atoms with van der Waals surface area (Å²) in [6.45, 7) is 7.13. The Morgan fingerprint density at radius 1 is 1.16 bits per heavy atom. The smallest absolute Gasteiger partial charge is 0.315 e. The first-order valence-electron chi connectivity index (χ1n) is 8.84. The molecule has 0 radical (unpaired) electrons. The maximum atomic E-state index is 12.9. The van der Waals surface area contributed by atoms with Crippen molar-refractivity contribution in [2.45, 2.75) is 58.0 Å². The highest BCUT2D eigenvalue weighted by Gasteiger charge is 2.24. The van der Waals surface area contributed by atoms with E-state index >= 15 is 0 Å². The summed E-state index contributed by atoms with van der Waals surface area (Å²) >= 11 is 0. The van der Waals surface area contributed by atoms with Crippen molar-refractivity contribution in [3.8, 4) is 0 Å². The van der Waals surface area contributed by atoms with Gasteiger partial charge in [0.15, 0.2) is 0 Å². The maximum absolute atomic E-state index is 12.9. The topological polar surface area (TPSA) is 61.4 Å². The van der Waals surface area contributed by atoms with E-state index in [0.717, 1.165) is 18.4 Å². The van der Waals surface area contributed by atoms with Crippen LogP contribution in [0.2, 0.25) is 0 Å². The Labute approximate surface area is 149 Å². The summed E-state index contributed by atoms with van der Waals surface area (Å²) < 4.78 is 12.9. The fourth-order valence-corrected chi connectivity index (χ4v) is 2.90. The molecule has 5 nitrogen and oxygen atoms in total. The minimum absolute atomic E-state index is 0.100. The van der Waals surface area contributed by atoms with E-state index in [0.29, 0.717) is 25.9 Å². The standard InChI is InChI=1S/C19H28FN3O2/c1-19(2,3)22-18(25)21-16-10-12-23(13-11-16)17(24)9-6-14-4-7-15(20)8-5-14/h4-5,7-8,16H,6,9-13H2,1-3H3,(H2,21,22,25). The zero-order chi connectivity index (χ0) is 18.4. The van der Waals surface area contributed by atoms with Crippen molar-refractivity contribution in [3.05, 3.63) is 35.6 Å². The average molecular weight is 349 g/mol. The molecule has 138 valence electrons.